The molecule has 0 aliphatic rings. The number of esters is 1. The lowest BCUT2D eigenvalue weighted by molar-refractivity contribution is 0.0734. The fraction of sp³-hybridized carbons (Fsp3) is 0.278. The lowest BCUT2D eigenvalue weighted by Crippen LogP contribution is -2.09. The topological polar surface area (TPSA) is 35.5 Å². The second kappa shape index (κ2) is 7.99. The van der Waals surface area contributed by atoms with Crippen molar-refractivity contribution in [2.75, 3.05) is 6.61 Å². The zero-order valence-corrected chi connectivity index (χ0v) is 14.4. The average Bonchev–Trinajstić information content (AvgIpc) is 2.49. The van der Waals surface area contributed by atoms with Crippen LogP contribution in [0.25, 0.3) is 0 Å². The van der Waals surface area contributed by atoms with E-state index in [2.05, 4.69) is 22.9 Å². The van der Waals surface area contributed by atoms with Crippen LogP contribution in [0, 0.1) is 6.92 Å². The number of rotatable bonds is 6. The smallest absolute Gasteiger partial charge is 0.343 e. The first-order chi connectivity index (χ1) is 10.6. The Bertz CT molecular complexity index is 653. The SMILES string of the molecule is CCCCOc1ccc(C(=O)Oc2cccc(C)c2)cc1Br. The third-order valence-electron chi connectivity index (χ3n) is 3.12. The molecule has 0 saturated carbocycles. The lowest BCUT2D eigenvalue weighted by atomic mass is 10.2. The molecule has 0 N–H and O–H groups in total. The Morgan fingerprint density at radius 3 is 2.68 bits per heavy atom. The Morgan fingerprint density at radius 2 is 2.00 bits per heavy atom. The van der Waals surface area contributed by atoms with Crippen molar-refractivity contribution >= 4 is 21.9 Å². The fourth-order valence-electron chi connectivity index (χ4n) is 1.92. The molecule has 0 spiro atoms. The van der Waals surface area contributed by atoms with E-state index < -0.39 is 0 Å². The highest BCUT2D eigenvalue weighted by Gasteiger charge is 2.11. The summed E-state index contributed by atoms with van der Waals surface area (Å²) in [7, 11) is 0. The normalized spacial score (nSPS) is 10.3. The highest BCUT2D eigenvalue weighted by molar-refractivity contribution is 9.10. The molecule has 2 aromatic rings. The van der Waals surface area contributed by atoms with Gasteiger partial charge in [-0.2, -0.15) is 0 Å². The Hall–Kier alpha value is -1.81. The number of carbonyl (C=O) groups excluding carboxylic acids is 1. The molecule has 0 aromatic heterocycles. The number of halogens is 1. The van der Waals surface area contributed by atoms with Gasteiger partial charge in [0.2, 0.25) is 0 Å². The van der Waals surface area contributed by atoms with Gasteiger partial charge >= 0.3 is 5.97 Å². The van der Waals surface area contributed by atoms with Crippen molar-refractivity contribution < 1.29 is 14.3 Å². The van der Waals surface area contributed by atoms with Crippen molar-refractivity contribution in [1.82, 2.24) is 0 Å². The summed E-state index contributed by atoms with van der Waals surface area (Å²) in [6.07, 6.45) is 2.09. The molecule has 22 heavy (non-hydrogen) atoms. The van der Waals surface area contributed by atoms with Crippen molar-refractivity contribution in [2.45, 2.75) is 26.7 Å². The minimum Gasteiger partial charge on any atom is -0.492 e. The number of unbranched alkanes of at least 4 members (excludes halogenated alkanes) is 1. The molecule has 3 nitrogen and oxygen atoms in total. The first kappa shape index (κ1) is 16.6. The maximum absolute atomic E-state index is 12.2. The molecule has 0 bridgehead atoms. The van der Waals surface area contributed by atoms with Crippen molar-refractivity contribution in [3.8, 4) is 11.5 Å². The van der Waals surface area contributed by atoms with Crippen LogP contribution >= 0.6 is 15.9 Å². The molecule has 0 unspecified atom stereocenters. The minimum absolute atomic E-state index is 0.383. The molecule has 2 rings (SSSR count). The van der Waals surface area contributed by atoms with Crippen molar-refractivity contribution in [2.24, 2.45) is 0 Å². The second-order valence-electron chi connectivity index (χ2n) is 5.05. The third kappa shape index (κ3) is 4.60. The largest absolute Gasteiger partial charge is 0.492 e. The maximum atomic E-state index is 12.2. The van der Waals surface area contributed by atoms with E-state index in [9.17, 15) is 4.79 Å². The van der Waals surface area contributed by atoms with Gasteiger partial charge in [0.25, 0.3) is 0 Å². The molecule has 0 aliphatic carbocycles. The summed E-state index contributed by atoms with van der Waals surface area (Å²) in [5, 5.41) is 0. The van der Waals surface area contributed by atoms with E-state index in [-0.39, 0.29) is 5.97 Å². The molecule has 0 aliphatic heterocycles. The second-order valence-corrected chi connectivity index (χ2v) is 5.91. The monoisotopic (exact) mass is 362 g/mol. The summed E-state index contributed by atoms with van der Waals surface area (Å²) in [5.74, 6) is 0.899. The molecule has 0 amide bonds. The van der Waals surface area contributed by atoms with E-state index in [4.69, 9.17) is 9.47 Å². The van der Waals surface area contributed by atoms with Crippen molar-refractivity contribution in [3.63, 3.8) is 0 Å². The number of ether oxygens (including phenoxy) is 2. The summed E-state index contributed by atoms with van der Waals surface area (Å²) in [6.45, 7) is 4.74. The van der Waals surface area contributed by atoms with Crippen LogP contribution in [0.15, 0.2) is 46.9 Å². The third-order valence-corrected chi connectivity index (χ3v) is 3.74. The minimum atomic E-state index is -0.383. The van der Waals surface area contributed by atoms with E-state index in [1.165, 1.54) is 0 Å². The van der Waals surface area contributed by atoms with Crippen LogP contribution < -0.4 is 9.47 Å². The van der Waals surface area contributed by atoms with Crippen LogP contribution in [0.3, 0.4) is 0 Å². The van der Waals surface area contributed by atoms with E-state index in [0.29, 0.717) is 17.9 Å². The molecule has 0 fully saturated rings. The van der Waals surface area contributed by atoms with Gasteiger partial charge in [-0.05, 0) is 65.2 Å². The highest BCUT2D eigenvalue weighted by atomic mass is 79.9. The number of hydrogen-bond donors (Lipinski definition) is 0. The summed E-state index contributed by atoms with van der Waals surface area (Å²) < 4.78 is 11.8. The summed E-state index contributed by atoms with van der Waals surface area (Å²) >= 11 is 3.43. The zero-order valence-electron chi connectivity index (χ0n) is 12.8. The van der Waals surface area contributed by atoms with Crippen LogP contribution in [0.4, 0.5) is 0 Å². The Balaban J connectivity index is 2.05. The van der Waals surface area contributed by atoms with Gasteiger partial charge in [-0.25, -0.2) is 4.79 Å². The number of hydrogen-bond acceptors (Lipinski definition) is 3. The molecule has 4 heteroatoms. The van der Waals surface area contributed by atoms with Crippen LogP contribution in [-0.2, 0) is 0 Å². The first-order valence-corrected chi connectivity index (χ1v) is 8.10. The maximum Gasteiger partial charge on any atom is 0.343 e. The van der Waals surface area contributed by atoms with Crippen molar-refractivity contribution in [1.29, 1.82) is 0 Å². The molecular weight excluding hydrogens is 344 g/mol. The van der Waals surface area contributed by atoms with E-state index in [1.54, 1.807) is 24.3 Å². The lowest BCUT2D eigenvalue weighted by Gasteiger charge is -2.09. The fourth-order valence-corrected chi connectivity index (χ4v) is 2.41. The average molecular weight is 363 g/mol. The molecular formula is C18H19BrO3. The van der Waals surface area contributed by atoms with Crippen molar-refractivity contribution in [3.05, 3.63) is 58.1 Å². The van der Waals surface area contributed by atoms with E-state index >= 15 is 0 Å². The van der Waals surface area contributed by atoms with E-state index in [0.717, 1.165) is 28.6 Å². The van der Waals surface area contributed by atoms with Crippen LogP contribution in [0.5, 0.6) is 11.5 Å². The zero-order chi connectivity index (χ0) is 15.9. The predicted molar refractivity (Wildman–Crippen MR) is 90.7 cm³/mol. The quantitative estimate of drug-likeness (QED) is 0.404. The van der Waals surface area contributed by atoms with Gasteiger partial charge in [0.1, 0.15) is 11.5 Å². The molecule has 0 radical (unpaired) electrons. The Labute approximate surface area is 139 Å². The molecule has 116 valence electrons. The van der Waals surface area contributed by atoms with Gasteiger partial charge in [-0.1, -0.05) is 25.5 Å². The van der Waals surface area contributed by atoms with Gasteiger partial charge in [-0.15, -0.1) is 0 Å². The summed E-state index contributed by atoms with van der Waals surface area (Å²) in [5.41, 5.74) is 1.53. The van der Waals surface area contributed by atoms with Gasteiger partial charge < -0.3 is 9.47 Å². The summed E-state index contributed by atoms with van der Waals surface area (Å²) in [4.78, 5) is 12.2. The number of carbonyl (C=O) groups is 1. The highest BCUT2D eigenvalue weighted by Crippen LogP contribution is 2.27. The first-order valence-electron chi connectivity index (χ1n) is 7.31. The summed E-state index contributed by atoms with van der Waals surface area (Å²) in [6, 6.07) is 12.6. The van der Waals surface area contributed by atoms with Crippen LogP contribution in [-0.4, -0.2) is 12.6 Å². The van der Waals surface area contributed by atoms with Gasteiger partial charge in [0.05, 0.1) is 16.6 Å². The number of aryl methyl sites for hydroxylation is 1. The van der Waals surface area contributed by atoms with Gasteiger partial charge in [-0.3, -0.25) is 0 Å². The Kier molecular flexibility index (Phi) is 6.01. The predicted octanol–water partition coefficient (Wildman–Crippen LogP) is 5.16. The van der Waals surface area contributed by atoms with E-state index in [1.807, 2.05) is 25.1 Å². The standard InChI is InChI=1S/C18H19BrO3/c1-3-4-10-21-17-9-8-14(12-16(17)19)18(20)22-15-7-5-6-13(2)11-15/h5-9,11-12H,3-4,10H2,1-2H3. The molecule has 0 atom stereocenters. The van der Waals surface area contributed by atoms with Gasteiger partial charge in [0.15, 0.2) is 0 Å². The van der Waals surface area contributed by atoms with Gasteiger partial charge in [0, 0.05) is 0 Å². The molecule has 0 saturated heterocycles. The molecule has 0 heterocycles. The Morgan fingerprint density at radius 1 is 1.18 bits per heavy atom. The molecule has 2 aromatic carbocycles. The van der Waals surface area contributed by atoms with Crippen LogP contribution in [0.2, 0.25) is 0 Å². The number of benzene rings is 2. The van der Waals surface area contributed by atoms with Crippen LogP contribution in [0.1, 0.15) is 35.7 Å².